The third kappa shape index (κ3) is 3.33. The summed E-state index contributed by atoms with van der Waals surface area (Å²) in [6.07, 6.45) is 0. The molecule has 0 amide bonds. The number of para-hydroxylation sites is 2. The van der Waals surface area contributed by atoms with E-state index in [1.807, 2.05) is 0 Å². The van der Waals surface area contributed by atoms with E-state index in [2.05, 4.69) is 163 Å². The van der Waals surface area contributed by atoms with Crippen LogP contribution >= 0.6 is 0 Å². The number of aromatic nitrogens is 3. The van der Waals surface area contributed by atoms with E-state index in [9.17, 15) is 0 Å². The number of hydrogen-bond donors (Lipinski definition) is 0. The van der Waals surface area contributed by atoms with Crippen LogP contribution in [0.1, 0.15) is 25.0 Å². The Kier molecular flexibility index (Phi) is 4.95. The Morgan fingerprint density at radius 2 is 1.23 bits per heavy atom. The predicted molar refractivity (Wildman–Crippen MR) is 178 cm³/mol. The lowest BCUT2D eigenvalue weighted by molar-refractivity contribution is 0.666. The van der Waals surface area contributed by atoms with Gasteiger partial charge in [-0.25, -0.2) is 4.68 Å². The number of fused-ring (bicyclic) bond motifs is 8. The topological polar surface area (TPSA) is 22.8 Å². The van der Waals surface area contributed by atoms with E-state index in [1.165, 1.54) is 49.4 Å². The van der Waals surface area contributed by atoms with Gasteiger partial charge in [-0.1, -0.05) is 117 Å². The van der Waals surface area contributed by atoms with Crippen molar-refractivity contribution in [3.05, 3.63) is 151 Å². The molecule has 0 bridgehead atoms. The molecule has 0 unspecified atom stereocenters. The summed E-state index contributed by atoms with van der Waals surface area (Å²) in [7, 11) is 0. The average Bonchev–Trinajstić information content (AvgIpc) is 3.68. The summed E-state index contributed by atoms with van der Waals surface area (Å²) >= 11 is 0. The van der Waals surface area contributed by atoms with E-state index in [-0.39, 0.29) is 5.41 Å². The summed E-state index contributed by atoms with van der Waals surface area (Å²) in [5, 5.41) is 9.12. The van der Waals surface area contributed by atoms with Gasteiger partial charge in [0.05, 0.1) is 22.2 Å². The molecular weight excluding hydrogens is 522 g/mol. The molecule has 0 aliphatic heterocycles. The second kappa shape index (κ2) is 8.80. The Morgan fingerprint density at radius 1 is 0.535 bits per heavy atom. The Morgan fingerprint density at radius 3 is 2.07 bits per heavy atom. The second-order valence-electron chi connectivity index (χ2n) is 12.1. The summed E-state index contributed by atoms with van der Waals surface area (Å²) in [5.41, 5.74) is 13.1. The second-order valence-corrected chi connectivity index (χ2v) is 12.1. The smallest absolute Gasteiger partial charge is 0.101 e. The number of nitrogens with zero attached hydrogens (tertiary/aromatic N) is 3. The number of hydrogen-bond acceptors (Lipinski definition) is 1. The fourth-order valence-electron chi connectivity index (χ4n) is 7.42. The minimum atomic E-state index is -0.146. The molecule has 0 atom stereocenters. The Labute approximate surface area is 250 Å². The van der Waals surface area contributed by atoms with Gasteiger partial charge in [0.25, 0.3) is 0 Å². The molecule has 3 nitrogen and oxygen atoms in total. The third-order valence-corrected chi connectivity index (χ3v) is 9.33. The summed E-state index contributed by atoms with van der Waals surface area (Å²) in [5.74, 6) is 0. The maximum atomic E-state index is 5.41. The molecule has 0 fully saturated rings. The maximum absolute atomic E-state index is 5.41. The zero-order chi connectivity index (χ0) is 28.7. The zero-order valence-electron chi connectivity index (χ0n) is 24.1. The van der Waals surface area contributed by atoms with Crippen molar-refractivity contribution < 1.29 is 0 Å². The van der Waals surface area contributed by atoms with Crippen molar-refractivity contribution in [2.24, 2.45) is 0 Å². The van der Waals surface area contributed by atoms with Gasteiger partial charge < -0.3 is 4.57 Å². The molecule has 3 heteroatoms. The molecule has 1 aliphatic carbocycles. The minimum absolute atomic E-state index is 0.146. The van der Waals surface area contributed by atoms with E-state index >= 15 is 0 Å². The fourth-order valence-corrected chi connectivity index (χ4v) is 7.42. The van der Waals surface area contributed by atoms with Gasteiger partial charge >= 0.3 is 0 Å². The van der Waals surface area contributed by atoms with Crippen LogP contribution in [0.25, 0.3) is 66.5 Å². The highest BCUT2D eigenvalue weighted by Gasteiger charge is 2.38. The van der Waals surface area contributed by atoms with Crippen molar-refractivity contribution >= 4 is 32.7 Å². The molecule has 43 heavy (non-hydrogen) atoms. The van der Waals surface area contributed by atoms with Crippen molar-refractivity contribution in [3.8, 4) is 33.8 Å². The molecule has 8 aromatic rings. The van der Waals surface area contributed by atoms with Crippen molar-refractivity contribution in [2.75, 3.05) is 0 Å². The highest BCUT2D eigenvalue weighted by molar-refractivity contribution is 6.10. The lowest BCUT2D eigenvalue weighted by atomic mass is 9.80. The molecule has 204 valence electrons. The largest absolute Gasteiger partial charge is 0.309 e. The van der Waals surface area contributed by atoms with Crippen LogP contribution in [-0.4, -0.2) is 14.3 Å². The zero-order valence-corrected chi connectivity index (χ0v) is 24.1. The van der Waals surface area contributed by atoms with Crippen LogP contribution in [0.5, 0.6) is 0 Å². The third-order valence-electron chi connectivity index (χ3n) is 9.33. The van der Waals surface area contributed by atoms with Crippen molar-refractivity contribution in [1.82, 2.24) is 14.3 Å². The highest BCUT2D eigenvalue weighted by atomic mass is 15.3. The summed E-state index contributed by atoms with van der Waals surface area (Å²) < 4.78 is 4.53. The van der Waals surface area contributed by atoms with Gasteiger partial charge in [0.1, 0.15) is 5.69 Å². The van der Waals surface area contributed by atoms with E-state index in [0.717, 1.165) is 28.1 Å². The van der Waals surface area contributed by atoms with Crippen molar-refractivity contribution in [1.29, 1.82) is 0 Å². The maximum Gasteiger partial charge on any atom is 0.101 e. The van der Waals surface area contributed by atoms with Gasteiger partial charge in [0.15, 0.2) is 0 Å². The van der Waals surface area contributed by atoms with Crippen LogP contribution in [0.4, 0.5) is 0 Å². The molecule has 0 radical (unpaired) electrons. The van der Waals surface area contributed by atoms with Crippen LogP contribution in [0.15, 0.2) is 140 Å². The minimum Gasteiger partial charge on any atom is -0.309 e. The number of benzene rings is 6. The predicted octanol–water partition coefficient (Wildman–Crippen LogP) is 10.1. The first-order chi connectivity index (χ1) is 21.1. The molecule has 2 aromatic heterocycles. The first-order valence-corrected chi connectivity index (χ1v) is 14.9. The van der Waals surface area contributed by atoms with Crippen LogP contribution in [0, 0.1) is 0 Å². The van der Waals surface area contributed by atoms with Crippen LogP contribution < -0.4 is 0 Å². The van der Waals surface area contributed by atoms with Gasteiger partial charge in [0, 0.05) is 32.8 Å². The molecule has 0 saturated heterocycles. The monoisotopic (exact) mass is 551 g/mol. The molecule has 0 saturated carbocycles. The average molecular weight is 552 g/mol. The van der Waals surface area contributed by atoms with E-state index in [1.54, 1.807) is 0 Å². The van der Waals surface area contributed by atoms with Gasteiger partial charge in [-0.05, 0) is 58.7 Å². The Bertz CT molecular complexity index is 2360. The first-order valence-electron chi connectivity index (χ1n) is 14.9. The fraction of sp³-hybridized carbons (Fsp3) is 0.0750. The molecule has 9 rings (SSSR count). The molecular formula is C40H29N3. The van der Waals surface area contributed by atoms with Gasteiger partial charge in [0.2, 0.25) is 0 Å². The van der Waals surface area contributed by atoms with E-state index < -0.39 is 0 Å². The normalized spacial score (nSPS) is 13.5. The summed E-state index contributed by atoms with van der Waals surface area (Å²) in [4.78, 5) is 0. The summed E-state index contributed by atoms with van der Waals surface area (Å²) in [6, 6.07) is 50.2. The van der Waals surface area contributed by atoms with Crippen LogP contribution in [0.2, 0.25) is 0 Å². The Hall–Kier alpha value is -5.41. The molecule has 2 heterocycles. The van der Waals surface area contributed by atoms with Crippen molar-refractivity contribution in [3.63, 3.8) is 0 Å². The van der Waals surface area contributed by atoms with E-state index in [0.29, 0.717) is 0 Å². The molecule has 0 spiro atoms. The highest BCUT2D eigenvalue weighted by Crippen LogP contribution is 2.53. The molecule has 1 aliphatic rings. The van der Waals surface area contributed by atoms with Gasteiger partial charge in [-0.15, -0.1) is 0 Å². The first kappa shape index (κ1) is 24.2. The standard InChI is InChI=1S/C40H29N3/c1-40(2)33-19-11-9-17-29(33)32-23-24-35-37(38(32)40)39(26-13-5-3-6-14-26)41-43(35)28-21-22-31-30-18-10-12-20-34(30)42(36(31)25-28)27-15-7-4-8-16-27/h3-25H,1-2H3. The quantitative estimate of drug-likeness (QED) is 0.214. The van der Waals surface area contributed by atoms with Crippen molar-refractivity contribution in [2.45, 2.75) is 19.3 Å². The SMILES string of the molecule is CC1(C)c2ccccc2-c2ccc3c(c(-c4ccccc4)nn3-c3ccc4c5ccccc5n(-c5ccccc5)c4c3)c21. The van der Waals surface area contributed by atoms with E-state index in [4.69, 9.17) is 5.10 Å². The van der Waals surface area contributed by atoms with Crippen LogP contribution in [-0.2, 0) is 5.41 Å². The lowest BCUT2D eigenvalue weighted by Crippen LogP contribution is -2.15. The Balaban J connectivity index is 1.37. The number of rotatable bonds is 3. The lowest BCUT2D eigenvalue weighted by Gasteiger charge is -2.22. The van der Waals surface area contributed by atoms with Gasteiger partial charge in [-0.3, -0.25) is 0 Å². The molecule has 6 aromatic carbocycles. The molecule has 0 N–H and O–H groups in total. The summed E-state index contributed by atoms with van der Waals surface area (Å²) in [6.45, 7) is 4.71. The van der Waals surface area contributed by atoms with Crippen LogP contribution in [0.3, 0.4) is 0 Å². The van der Waals surface area contributed by atoms with Gasteiger partial charge in [-0.2, -0.15) is 5.10 Å².